The molecular formula is C14H24N2O. The maximum absolute atomic E-state index is 5.70. The van der Waals surface area contributed by atoms with Crippen LogP contribution in [0.2, 0.25) is 0 Å². The van der Waals surface area contributed by atoms with Crippen LogP contribution in [0.15, 0.2) is 22.8 Å². The van der Waals surface area contributed by atoms with Gasteiger partial charge in [-0.2, -0.15) is 0 Å². The zero-order valence-electron chi connectivity index (χ0n) is 10.7. The molecule has 1 aliphatic rings. The Bertz CT molecular complexity index is 302. The SMILES string of the molecule is CC1CCC(C(CCc2ccco2)NN)CC1. The average molecular weight is 236 g/mol. The van der Waals surface area contributed by atoms with E-state index < -0.39 is 0 Å². The lowest BCUT2D eigenvalue weighted by Crippen LogP contribution is -2.42. The van der Waals surface area contributed by atoms with Crippen molar-refractivity contribution in [3.05, 3.63) is 24.2 Å². The Hall–Kier alpha value is -0.800. The van der Waals surface area contributed by atoms with Gasteiger partial charge in [0.05, 0.1) is 6.26 Å². The van der Waals surface area contributed by atoms with Crippen LogP contribution in [0.25, 0.3) is 0 Å². The van der Waals surface area contributed by atoms with Crippen LogP contribution in [-0.4, -0.2) is 6.04 Å². The van der Waals surface area contributed by atoms with Gasteiger partial charge in [-0.05, 0) is 43.2 Å². The molecule has 0 radical (unpaired) electrons. The lowest BCUT2D eigenvalue weighted by molar-refractivity contribution is 0.221. The van der Waals surface area contributed by atoms with Gasteiger partial charge in [-0.1, -0.05) is 19.8 Å². The van der Waals surface area contributed by atoms with Crippen LogP contribution in [0, 0.1) is 11.8 Å². The van der Waals surface area contributed by atoms with Crippen molar-refractivity contribution in [2.45, 2.75) is 51.5 Å². The van der Waals surface area contributed by atoms with E-state index in [4.69, 9.17) is 10.3 Å². The molecule has 1 atom stereocenters. The van der Waals surface area contributed by atoms with Gasteiger partial charge in [0.25, 0.3) is 0 Å². The molecule has 0 aliphatic heterocycles. The number of hydrogen-bond donors (Lipinski definition) is 2. The second kappa shape index (κ2) is 6.22. The fraction of sp³-hybridized carbons (Fsp3) is 0.714. The molecule has 1 aromatic rings. The number of hydrogen-bond acceptors (Lipinski definition) is 3. The highest BCUT2D eigenvalue weighted by molar-refractivity contribution is 4.99. The van der Waals surface area contributed by atoms with Gasteiger partial charge < -0.3 is 4.42 Å². The zero-order chi connectivity index (χ0) is 12.1. The lowest BCUT2D eigenvalue weighted by atomic mass is 9.78. The number of aryl methyl sites for hydroxylation is 1. The maximum Gasteiger partial charge on any atom is 0.103 e. The molecule has 3 nitrogen and oxygen atoms in total. The van der Waals surface area contributed by atoms with Crippen LogP contribution in [0.5, 0.6) is 0 Å². The quantitative estimate of drug-likeness (QED) is 0.610. The van der Waals surface area contributed by atoms with E-state index in [0.717, 1.165) is 30.4 Å². The Balaban J connectivity index is 1.80. The average Bonchev–Trinajstić information content (AvgIpc) is 2.85. The van der Waals surface area contributed by atoms with Crippen molar-refractivity contribution in [3.63, 3.8) is 0 Å². The van der Waals surface area contributed by atoms with Crippen LogP contribution in [0.4, 0.5) is 0 Å². The Labute approximate surface area is 104 Å². The zero-order valence-corrected chi connectivity index (χ0v) is 10.7. The molecule has 17 heavy (non-hydrogen) atoms. The number of rotatable bonds is 5. The Morgan fingerprint density at radius 3 is 2.76 bits per heavy atom. The number of furan rings is 1. The highest BCUT2D eigenvalue weighted by Crippen LogP contribution is 2.31. The molecule has 1 saturated carbocycles. The van der Waals surface area contributed by atoms with E-state index in [1.165, 1.54) is 25.7 Å². The number of hydrazine groups is 1. The van der Waals surface area contributed by atoms with E-state index in [0.29, 0.717) is 6.04 Å². The molecule has 1 heterocycles. The largest absolute Gasteiger partial charge is 0.469 e. The molecule has 1 aliphatic carbocycles. The van der Waals surface area contributed by atoms with Crippen molar-refractivity contribution in [3.8, 4) is 0 Å². The van der Waals surface area contributed by atoms with E-state index in [2.05, 4.69) is 12.3 Å². The summed E-state index contributed by atoms with van der Waals surface area (Å²) in [6.45, 7) is 2.35. The summed E-state index contributed by atoms with van der Waals surface area (Å²) < 4.78 is 5.36. The highest BCUT2D eigenvalue weighted by Gasteiger charge is 2.25. The van der Waals surface area contributed by atoms with Gasteiger partial charge in [-0.25, -0.2) is 0 Å². The molecule has 1 unspecified atom stereocenters. The molecule has 96 valence electrons. The van der Waals surface area contributed by atoms with Gasteiger partial charge in [0.2, 0.25) is 0 Å². The predicted octanol–water partition coefficient (Wildman–Crippen LogP) is 2.87. The second-order valence-electron chi connectivity index (χ2n) is 5.41. The second-order valence-corrected chi connectivity index (χ2v) is 5.41. The fourth-order valence-corrected chi connectivity index (χ4v) is 2.90. The molecule has 1 aromatic heterocycles. The smallest absolute Gasteiger partial charge is 0.103 e. The van der Waals surface area contributed by atoms with Crippen molar-refractivity contribution < 1.29 is 4.42 Å². The molecular weight excluding hydrogens is 212 g/mol. The Kier molecular flexibility index (Phi) is 4.63. The molecule has 0 amide bonds. The van der Waals surface area contributed by atoms with Crippen LogP contribution >= 0.6 is 0 Å². The van der Waals surface area contributed by atoms with E-state index >= 15 is 0 Å². The third kappa shape index (κ3) is 3.58. The van der Waals surface area contributed by atoms with Gasteiger partial charge in [0, 0.05) is 12.5 Å². The minimum Gasteiger partial charge on any atom is -0.469 e. The molecule has 0 bridgehead atoms. The van der Waals surface area contributed by atoms with E-state index in [1.807, 2.05) is 12.1 Å². The number of nitrogens with two attached hydrogens (primary N) is 1. The Morgan fingerprint density at radius 2 is 2.18 bits per heavy atom. The number of nitrogens with one attached hydrogen (secondary N) is 1. The van der Waals surface area contributed by atoms with Crippen LogP contribution in [0.1, 0.15) is 44.8 Å². The molecule has 3 N–H and O–H groups in total. The predicted molar refractivity (Wildman–Crippen MR) is 69.3 cm³/mol. The Morgan fingerprint density at radius 1 is 1.41 bits per heavy atom. The van der Waals surface area contributed by atoms with E-state index in [9.17, 15) is 0 Å². The molecule has 1 fully saturated rings. The van der Waals surface area contributed by atoms with Gasteiger partial charge >= 0.3 is 0 Å². The summed E-state index contributed by atoms with van der Waals surface area (Å²) in [5, 5.41) is 0. The first-order chi connectivity index (χ1) is 8.29. The standard InChI is InChI=1S/C14H24N2O/c1-11-4-6-12(7-5-11)14(16-15)9-8-13-3-2-10-17-13/h2-3,10-12,14,16H,4-9,15H2,1H3. The topological polar surface area (TPSA) is 51.2 Å². The third-order valence-corrected chi connectivity index (χ3v) is 4.13. The molecule has 0 saturated heterocycles. The van der Waals surface area contributed by atoms with Crippen molar-refractivity contribution in [1.82, 2.24) is 5.43 Å². The van der Waals surface area contributed by atoms with Crippen LogP contribution in [0.3, 0.4) is 0 Å². The first-order valence-electron chi connectivity index (χ1n) is 6.78. The molecule has 2 rings (SSSR count). The van der Waals surface area contributed by atoms with Crippen molar-refractivity contribution in [1.29, 1.82) is 0 Å². The molecule has 0 aromatic carbocycles. The normalized spacial score (nSPS) is 26.9. The summed E-state index contributed by atoms with van der Waals surface area (Å²) in [5.41, 5.74) is 3.01. The lowest BCUT2D eigenvalue weighted by Gasteiger charge is -2.32. The van der Waals surface area contributed by atoms with Gasteiger partial charge in [0.1, 0.15) is 5.76 Å². The van der Waals surface area contributed by atoms with Crippen molar-refractivity contribution in [2.75, 3.05) is 0 Å². The van der Waals surface area contributed by atoms with E-state index in [-0.39, 0.29) is 0 Å². The summed E-state index contributed by atoms with van der Waals surface area (Å²) >= 11 is 0. The summed E-state index contributed by atoms with van der Waals surface area (Å²) in [7, 11) is 0. The van der Waals surface area contributed by atoms with Gasteiger partial charge in [0.15, 0.2) is 0 Å². The third-order valence-electron chi connectivity index (χ3n) is 4.13. The van der Waals surface area contributed by atoms with E-state index in [1.54, 1.807) is 6.26 Å². The summed E-state index contributed by atoms with van der Waals surface area (Å²) in [5.74, 6) is 8.40. The monoisotopic (exact) mass is 236 g/mol. The van der Waals surface area contributed by atoms with Gasteiger partial charge in [-0.15, -0.1) is 0 Å². The first kappa shape index (κ1) is 12.7. The van der Waals surface area contributed by atoms with Gasteiger partial charge in [-0.3, -0.25) is 11.3 Å². The molecule has 0 spiro atoms. The minimum absolute atomic E-state index is 0.438. The summed E-state index contributed by atoms with van der Waals surface area (Å²) in [6, 6.07) is 4.42. The minimum atomic E-state index is 0.438. The maximum atomic E-state index is 5.70. The van der Waals surface area contributed by atoms with Crippen molar-refractivity contribution in [2.24, 2.45) is 17.7 Å². The summed E-state index contributed by atoms with van der Waals surface area (Å²) in [4.78, 5) is 0. The summed E-state index contributed by atoms with van der Waals surface area (Å²) in [6.07, 6.45) is 9.12. The highest BCUT2D eigenvalue weighted by atomic mass is 16.3. The van der Waals surface area contributed by atoms with Crippen molar-refractivity contribution >= 4 is 0 Å². The first-order valence-corrected chi connectivity index (χ1v) is 6.78. The van der Waals surface area contributed by atoms with Crippen LogP contribution < -0.4 is 11.3 Å². The fourth-order valence-electron chi connectivity index (χ4n) is 2.90. The van der Waals surface area contributed by atoms with Crippen LogP contribution in [-0.2, 0) is 6.42 Å². The molecule has 3 heteroatoms.